The summed E-state index contributed by atoms with van der Waals surface area (Å²) < 4.78 is 7.92. The lowest BCUT2D eigenvalue weighted by Gasteiger charge is -2.36. The predicted molar refractivity (Wildman–Crippen MR) is 125 cm³/mol. The molecule has 2 aliphatic rings. The molecule has 1 aromatic carbocycles. The summed E-state index contributed by atoms with van der Waals surface area (Å²) in [5.74, 6) is 1.20. The van der Waals surface area contributed by atoms with Crippen molar-refractivity contribution < 1.29 is 9.53 Å². The third kappa shape index (κ3) is 4.81. The molecule has 4 rings (SSSR count). The van der Waals surface area contributed by atoms with Crippen molar-refractivity contribution in [1.29, 1.82) is 0 Å². The van der Waals surface area contributed by atoms with Gasteiger partial charge in [0, 0.05) is 64.0 Å². The van der Waals surface area contributed by atoms with Gasteiger partial charge in [0.2, 0.25) is 0 Å². The Morgan fingerprint density at radius 2 is 1.84 bits per heavy atom. The Morgan fingerprint density at radius 3 is 2.52 bits per heavy atom. The van der Waals surface area contributed by atoms with Crippen LogP contribution in [-0.2, 0) is 17.7 Å². The molecule has 0 aliphatic carbocycles. The smallest absolute Gasteiger partial charge is 0.410 e. The molecule has 3 heterocycles. The molecule has 0 spiro atoms. The lowest BCUT2D eigenvalue weighted by Crippen LogP contribution is -2.50. The number of ether oxygens (including phenoxy) is 1. The minimum Gasteiger partial charge on any atom is -0.444 e. The molecule has 0 N–H and O–H groups in total. The van der Waals surface area contributed by atoms with Gasteiger partial charge in [-0.25, -0.2) is 9.78 Å². The quantitative estimate of drug-likeness (QED) is 0.747. The van der Waals surface area contributed by atoms with Gasteiger partial charge in [-0.2, -0.15) is 0 Å². The number of hydrogen-bond donors (Lipinski definition) is 0. The van der Waals surface area contributed by atoms with Crippen molar-refractivity contribution in [2.75, 3.05) is 44.2 Å². The first-order valence-electron chi connectivity index (χ1n) is 11.7. The summed E-state index contributed by atoms with van der Waals surface area (Å²) in [6.45, 7) is 16.4. The highest BCUT2D eigenvalue weighted by molar-refractivity contribution is 5.81. The molecule has 7 heteroatoms. The van der Waals surface area contributed by atoms with E-state index >= 15 is 0 Å². The molecule has 170 valence electrons. The molecule has 1 fully saturated rings. The Kier molecular flexibility index (Phi) is 6.15. The lowest BCUT2D eigenvalue weighted by atomic mass is 10.2. The van der Waals surface area contributed by atoms with Gasteiger partial charge in [0.25, 0.3) is 0 Å². The summed E-state index contributed by atoms with van der Waals surface area (Å²) in [7, 11) is 0. The fourth-order valence-electron chi connectivity index (χ4n) is 4.56. The number of imidazole rings is 1. The molecule has 1 aromatic heterocycles. The van der Waals surface area contributed by atoms with Crippen LogP contribution in [0.3, 0.4) is 0 Å². The van der Waals surface area contributed by atoms with Crippen molar-refractivity contribution in [2.24, 2.45) is 0 Å². The van der Waals surface area contributed by atoms with Gasteiger partial charge in [-0.3, -0.25) is 4.90 Å². The molecular weight excluding hydrogens is 390 g/mol. The number of fused-ring (bicyclic) bond motifs is 3. The van der Waals surface area contributed by atoms with Gasteiger partial charge in [0.05, 0.1) is 11.0 Å². The maximum absolute atomic E-state index is 12.3. The van der Waals surface area contributed by atoms with Gasteiger partial charge in [-0.15, -0.1) is 0 Å². The van der Waals surface area contributed by atoms with Crippen LogP contribution >= 0.6 is 0 Å². The second kappa shape index (κ2) is 8.69. The fourth-order valence-corrected chi connectivity index (χ4v) is 4.56. The van der Waals surface area contributed by atoms with Gasteiger partial charge < -0.3 is 19.1 Å². The Hall–Kier alpha value is -2.28. The maximum Gasteiger partial charge on any atom is 0.410 e. The second-order valence-corrected chi connectivity index (χ2v) is 9.85. The van der Waals surface area contributed by atoms with Crippen LogP contribution in [0.1, 0.15) is 46.9 Å². The molecule has 2 aliphatic heterocycles. The normalized spacial score (nSPS) is 19.3. The number of rotatable bonds is 3. The van der Waals surface area contributed by atoms with E-state index in [-0.39, 0.29) is 6.09 Å². The zero-order valence-electron chi connectivity index (χ0n) is 19.7. The predicted octanol–water partition coefficient (Wildman–Crippen LogP) is 3.75. The minimum atomic E-state index is -0.454. The van der Waals surface area contributed by atoms with Gasteiger partial charge in [-0.05, 0) is 52.3 Å². The van der Waals surface area contributed by atoms with Crippen molar-refractivity contribution in [2.45, 2.75) is 65.6 Å². The molecule has 1 unspecified atom stereocenters. The highest BCUT2D eigenvalue weighted by atomic mass is 16.6. The highest BCUT2D eigenvalue weighted by Crippen LogP contribution is 2.26. The summed E-state index contributed by atoms with van der Waals surface area (Å²) in [6, 6.07) is 7.27. The molecule has 7 nitrogen and oxygen atoms in total. The number of nitrogens with zero attached hydrogens (tertiary/aromatic N) is 5. The van der Waals surface area contributed by atoms with Crippen LogP contribution < -0.4 is 4.90 Å². The van der Waals surface area contributed by atoms with Crippen LogP contribution in [-0.4, -0.2) is 76.4 Å². The van der Waals surface area contributed by atoms with E-state index in [0.29, 0.717) is 19.1 Å². The SMILES string of the molecule is CCC(C)N1CCc2nc3cc(N4CCN(C(=O)OC(C)(C)C)CC4)ccc3n2CC1. The first-order valence-corrected chi connectivity index (χ1v) is 11.7. The van der Waals surface area contributed by atoms with Crippen molar-refractivity contribution in [3.63, 3.8) is 0 Å². The van der Waals surface area contributed by atoms with Crippen LogP contribution in [0, 0.1) is 0 Å². The largest absolute Gasteiger partial charge is 0.444 e. The van der Waals surface area contributed by atoms with Crippen LogP contribution in [0.5, 0.6) is 0 Å². The van der Waals surface area contributed by atoms with Crippen molar-refractivity contribution in [3.8, 4) is 0 Å². The highest BCUT2D eigenvalue weighted by Gasteiger charge is 2.26. The summed E-state index contributed by atoms with van der Waals surface area (Å²) >= 11 is 0. The van der Waals surface area contributed by atoms with Crippen molar-refractivity contribution in [1.82, 2.24) is 19.4 Å². The lowest BCUT2D eigenvalue weighted by molar-refractivity contribution is 0.0240. The van der Waals surface area contributed by atoms with Crippen molar-refractivity contribution >= 4 is 22.8 Å². The standard InChI is InChI=1S/C24H37N5O2/c1-6-18(2)26-10-9-22-25-20-17-19(7-8-21(20)29(22)16-15-26)27-11-13-28(14-12-27)23(30)31-24(3,4)5/h7-8,17-18H,6,9-16H2,1-5H3. The number of benzene rings is 1. The van der Waals surface area contributed by atoms with Gasteiger partial charge >= 0.3 is 6.09 Å². The third-order valence-corrected chi connectivity index (χ3v) is 6.55. The van der Waals surface area contributed by atoms with E-state index in [2.05, 4.69) is 46.4 Å². The number of piperazine rings is 1. The average Bonchev–Trinajstić information content (AvgIpc) is 2.95. The zero-order chi connectivity index (χ0) is 22.2. The van der Waals surface area contributed by atoms with Crippen LogP contribution in [0.15, 0.2) is 18.2 Å². The van der Waals surface area contributed by atoms with Crippen molar-refractivity contribution in [3.05, 3.63) is 24.0 Å². The Labute approximate surface area is 185 Å². The number of carbonyl (C=O) groups excluding carboxylic acids is 1. The average molecular weight is 428 g/mol. The van der Waals surface area contributed by atoms with E-state index in [9.17, 15) is 4.79 Å². The van der Waals surface area contributed by atoms with E-state index < -0.39 is 5.60 Å². The molecular formula is C24H37N5O2. The number of anilines is 1. The van der Waals surface area contributed by atoms with E-state index in [0.717, 1.165) is 44.7 Å². The molecule has 0 bridgehead atoms. The van der Waals surface area contributed by atoms with Crippen LogP contribution in [0.2, 0.25) is 0 Å². The van der Waals surface area contributed by atoms with Gasteiger partial charge in [0.15, 0.2) is 0 Å². The van der Waals surface area contributed by atoms with Gasteiger partial charge in [-0.1, -0.05) is 6.92 Å². The molecule has 1 atom stereocenters. The molecule has 0 saturated carbocycles. The van der Waals surface area contributed by atoms with Gasteiger partial charge in [0.1, 0.15) is 11.4 Å². The van der Waals surface area contributed by atoms with E-state index in [1.165, 1.54) is 23.4 Å². The summed E-state index contributed by atoms with van der Waals surface area (Å²) in [4.78, 5) is 24.1. The van der Waals surface area contributed by atoms with E-state index in [4.69, 9.17) is 9.72 Å². The summed E-state index contributed by atoms with van der Waals surface area (Å²) in [6.07, 6.45) is 1.98. The first-order chi connectivity index (χ1) is 14.7. The number of aromatic nitrogens is 2. The monoisotopic (exact) mass is 427 g/mol. The molecule has 2 aromatic rings. The van der Waals surface area contributed by atoms with E-state index in [1.807, 2.05) is 25.7 Å². The topological polar surface area (TPSA) is 53.8 Å². The summed E-state index contributed by atoms with van der Waals surface area (Å²) in [5, 5.41) is 0. The number of amides is 1. The van der Waals surface area contributed by atoms with E-state index in [1.54, 1.807) is 0 Å². The third-order valence-electron chi connectivity index (χ3n) is 6.55. The Bertz CT molecular complexity index is 924. The maximum atomic E-state index is 12.3. The fraction of sp³-hybridized carbons (Fsp3) is 0.667. The summed E-state index contributed by atoms with van der Waals surface area (Å²) in [5.41, 5.74) is 3.05. The second-order valence-electron chi connectivity index (χ2n) is 9.85. The Balaban J connectivity index is 1.43. The minimum absolute atomic E-state index is 0.216. The zero-order valence-corrected chi connectivity index (χ0v) is 19.7. The van der Waals surface area contributed by atoms with Crippen LogP contribution in [0.25, 0.3) is 11.0 Å². The molecule has 31 heavy (non-hydrogen) atoms. The number of carbonyl (C=O) groups is 1. The first kappa shape index (κ1) is 21.9. The molecule has 1 saturated heterocycles. The Morgan fingerprint density at radius 1 is 1.10 bits per heavy atom. The van der Waals surface area contributed by atoms with Crippen LogP contribution in [0.4, 0.5) is 10.5 Å². The number of hydrogen-bond acceptors (Lipinski definition) is 5. The molecule has 0 radical (unpaired) electrons. The molecule has 1 amide bonds.